The molecule has 0 fully saturated rings. The Bertz CT molecular complexity index is 609. The Kier molecular flexibility index (Phi) is 6.34. The van der Waals surface area contributed by atoms with Crippen LogP contribution >= 0.6 is 81.4 Å². The second-order valence-corrected chi connectivity index (χ2v) is 9.54. The average molecular weight is 438 g/mol. The summed E-state index contributed by atoms with van der Waals surface area (Å²) in [6.45, 7) is 0. The van der Waals surface area contributed by atoms with Crippen LogP contribution in [0.5, 0.6) is 0 Å². The summed E-state index contributed by atoms with van der Waals surface area (Å²) in [5, 5.41) is 0.307. The highest BCUT2D eigenvalue weighted by atomic mass is 35.6. The van der Waals surface area contributed by atoms with Crippen LogP contribution in [-0.2, 0) is 13.3 Å². The molecule has 0 aliphatic heterocycles. The first-order valence-corrected chi connectivity index (χ1v) is 8.99. The van der Waals surface area contributed by atoms with Crippen molar-refractivity contribution in [2.45, 2.75) is 18.5 Å². The Morgan fingerprint density at radius 2 is 1.27 bits per heavy atom. The second kappa shape index (κ2) is 7.47. The van der Waals surface area contributed by atoms with Crippen LogP contribution in [0, 0.1) is 0 Å². The maximum Gasteiger partial charge on any atom is 0.250 e. The van der Waals surface area contributed by atoms with Gasteiger partial charge < -0.3 is 0 Å². The van der Waals surface area contributed by atoms with Gasteiger partial charge in [-0.15, -0.1) is 0 Å². The lowest BCUT2D eigenvalue weighted by Crippen LogP contribution is -2.16. The lowest BCUT2D eigenvalue weighted by molar-refractivity contribution is 0.767. The van der Waals surface area contributed by atoms with Gasteiger partial charge in [0, 0.05) is 5.75 Å². The van der Waals surface area contributed by atoms with E-state index in [0.717, 1.165) is 5.56 Å². The molecule has 0 N–H and O–H groups in total. The zero-order valence-corrected chi connectivity index (χ0v) is 16.0. The normalized spacial score (nSPS) is 12.5. The van der Waals surface area contributed by atoms with Gasteiger partial charge in [-0.3, -0.25) is 0 Å². The lowest BCUT2D eigenvalue weighted by atomic mass is 10.2. The zero-order chi connectivity index (χ0) is 16.4. The van der Waals surface area contributed by atoms with Crippen LogP contribution in [0.3, 0.4) is 0 Å². The molecule has 10 heteroatoms. The summed E-state index contributed by atoms with van der Waals surface area (Å²) in [5.74, 6) is 0.428. The molecule has 3 nitrogen and oxygen atoms in total. The van der Waals surface area contributed by atoms with E-state index in [2.05, 4.69) is 15.0 Å². The predicted octanol–water partition coefficient (Wildman–Crippen LogP) is 5.82. The van der Waals surface area contributed by atoms with E-state index in [-0.39, 0.29) is 11.6 Å². The summed E-state index contributed by atoms with van der Waals surface area (Å²) in [4.78, 5) is 12.1. The largest absolute Gasteiger partial charge is 0.250 e. The summed E-state index contributed by atoms with van der Waals surface area (Å²) in [6.07, 6.45) is 0. The third kappa shape index (κ3) is 5.45. The molecule has 0 saturated carbocycles. The number of nitrogens with zero attached hydrogens (tertiary/aromatic N) is 3. The number of hydrogen-bond acceptors (Lipinski definition) is 4. The number of thioether (sulfide) groups is 1. The first-order chi connectivity index (χ1) is 10.2. The van der Waals surface area contributed by atoms with Crippen LogP contribution < -0.4 is 0 Å². The minimum atomic E-state index is -1.84. The van der Waals surface area contributed by atoms with Gasteiger partial charge in [-0.05, 0) is 5.56 Å². The van der Waals surface area contributed by atoms with Crippen LogP contribution in [0.1, 0.15) is 17.2 Å². The number of benzene rings is 1. The number of aromatic nitrogens is 3. The third-order valence-electron chi connectivity index (χ3n) is 2.33. The highest BCUT2D eigenvalue weighted by Gasteiger charge is 2.33. The molecule has 0 bridgehead atoms. The van der Waals surface area contributed by atoms with Gasteiger partial charge in [0.2, 0.25) is 7.59 Å². The first-order valence-electron chi connectivity index (χ1n) is 5.73. The topological polar surface area (TPSA) is 38.7 Å². The summed E-state index contributed by atoms with van der Waals surface area (Å²) >= 11 is 36.2. The van der Waals surface area contributed by atoms with E-state index in [1.807, 2.05) is 30.3 Å². The number of alkyl halides is 6. The fourth-order valence-corrected chi connectivity index (χ4v) is 2.69. The molecule has 1 aromatic heterocycles. The standard InChI is InChI=1S/C12H7Cl6N3S/c13-11(14,15)8-19-9(12(16,17)18)21-10(20-8)22-6-7-4-2-1-3-5-7/h1-5H,6H2. The first kappa shape index (κ1) is 18.7. The molecule has 0 atom stereocenters. The molecule has 118 valence electrons. The Morgan fingerprint density at radius 3 is 1.73 bits per heavy atom. The number of halogens is 6. The van der Waals surface area contributed by atoms with E-state index >= 15 is 0 Å². The van der Waals surface area contributed by atoms with Crippen molar-refractivity contribution in [3.63, 3.8) is 0 Å². The molecule has 0 aliphatic rings. The van der Waals surface area contributed by atoms with Crippen LogP contribution in [0.2, 0.25) is 0 Å². The lowest BCUT2D eigenvalue weighted by Gasteiger charge is -2.15. The van der Waals surface area contributed by atoms with Gasteiger partial charge >= 0.3 is 0 Å². The molecule has 1 heterocycles. The van der Waals surface area contributed by atoms with Crippen LogP contribution in [0.15, 0.2) is 35.5 Å². The van der Waals surface area contributed by atoms with Crippen molar-refractivity contribution in [1.29, 1.82) is 0 Å². The molecule has 2 rings (SSSR count). The third-order valence-corrected chi connectivity index (χ3v) is 4.27. The average Bonchev–Trinajstić information content (AvgIpc) is 2.44. The van der Waals surface area contributed by atoms with Gasteiger partial charge in [-0.25, -0.2) is 15.0 Å². The van der Waals surface area contributed by atoms with E-state index in [4.69, 9.17) is 69.6 Å². The van der Waals surface area contributed by atoms with Crippen LogP contribution in [0.4, 0.5) is 0 Å². The smallest absolute Gasteiger partial charge is 0.209 e. The van der Waals surface area contributed by atoms with E-state index in [1.165, 1.54) is 11.8 Å². The van der Waals surface area contributed by atoms with E-state index in [1.54, 1.807) is 0 Å². The van der Waals surface area contributed by atoms with Gasteiger partial charge in [0.25, 0.3) is 0 Å². The van der Waals surface area contributed by atoms with E-state index in [0.29, 0.717) is 10.9 Å². The summed E-state index contributed by atoms with van der Waals surface area (Å²) in [7, 11) is 0. The Hall–Kier alpha value is 0.320. The monoisotopic (exact) mass is 435 g/mol. The minimum Gasteiger partial charge on any atom is -0.209 e. The maximum atomic E-state index is 5.81. The SMILES string of the molecule is ClC(Cl)(Cl)c1nc(SCc2ccccc2)nc(C(Cl)(Cl)Cl)n1. The molecule has 0 aliphatic carbocycles. The van der Waals surface area contributed by atoms with Gasteiger partial charge in [0.1, 0.15) is 0 Å². The van der Waals surface area contributed by atoms with Gasteiger partial charge in [-0.1, -0.05) is 112 Å². The van der Waals surface area contributed by atoms with Crippen molar-refractivity contribution in [1.82, 2.24) is 15.0 Å². The Morgan fingerprint density at radius 1 is 0.773 bits per heavy atom. The van der Waals surface area contributed by atoms with Crippen LogP contribution in [0.25, 0.3) is 0 Å². The van der Waals surface area contributed by atoms with Crippen molar-refractivity contribution in [2.75, 3.05) is 0 Å². The molecule has 2 aromatic rings. The molecule has 1 aromatic carbocycles. The molecule has 0 unspecified atom stereocenters. The van der Waals surface area contributed by atoms with Crippen molar-refractivity contribution in [3.05, 3.63) is 47.5 Å². The van der Waals surface area contributed by atoms with Gasteiger partial charge in [0.05, 0.1) is 0 Å². The summed E-state index contributed by atoms with van der Waals surface area (Å²) in [5.41, 5.74) is 1.08. The number of rotatable bonds is 3. The fraction of sp³-hybridized carbons (Fsp3) is 0.250. The number of hydrogen-bond donors (Lipinski definition) is 0. The predicted molar refractivity (Wildman–Crippen MR) is 94.3 cm³/mol. The second-order valence-electron chi connectivity index (χ2n) is 4.03. The highest BCUT2D eigenvalue weighted by Crippen LogP contribution is 2.40. The van der Waals surface area contributed by atoms with E-state index < -0.39 is 7.59 Å². The summed E-state index contributed by atoms with van der Waals surface area (Å²) in [6, 6.07) is 9.74. The Balaban J connectivity index is 2.30. The molecule has 0 radical (unpaired) electrons. The quantitative estimate of drug-likeness (QED) is 0.448. The van der Waals surface area contributed by atoms with E-state index in [9.17, 15) is 0 Å². The maximum absolute atomic E-state index is 5.81. The zero-order valence-electron chi connectivity index (χ0n) is 10.6. The molecule has 22 heavy (non-hydrogen) atoms. The van der Waals surface area contributed by atoms with Gasteiger partial charge in [-0.2, -0.15) is 0 Å². The van der Waals surface area contributed by atoms with Crippen molar-refractivity contribution < 1.29 is 0 Å². The molecular formula is C12H7Cl6N3S. The van der Waals surface area contributed by atoms with Crippen molar-refractivity contribution >= 4 is 81.4 Å². The molecule has 0 amide bonds. The van der Waals surface area contributed by atoms with Crippen LogP contribution in [-0.4, -0.2) is 15.0 Å². The summed E-state index contributed by atoms with van der Waals surface area (Å²) < 4.78 is -3.68. The molecular weight excluding hydrogens is 431 g/mol. The van der Waals surface area contributed by atoms with Crippen molar-refractivity contribution in [3.8, 4) is 0 Å². The molecule has 0 saturated heterocycles. The highest BCUT2D eigenvalue weighted by molar-refractivity contribution is 7.98. The minimum absolute atomic E-state index is 0.0932. The van der Waals surface area contributed by atoms with Gasteiger partial charge in [0.15, 0.2) is 16.8 Å². The van der Waals surface area contributed by atoms with Crippen molar-refractivity contribution in [2.24, 2.45) is 0 Å². The fourth-order valence-electron chi connectivity index (χ4n) is 1.40. The Labute approximate surface area is 161 Å². The molecule has 0 spiro atoms.